The normalized spacial score (nSPS) is 21.6. The van der Waals surface area contributed by atoms with Crippen LogP contribution in [0.15, 0.2) is 91.0 Å². The van der Waals surface area contributed by atoms with Crippen molar-refractivity contribution in [3.05, 3.63) is 108 Å². The maximum atomic E-state index is 2.87. The molecule has 2 heterocycles. The van der Waals surface area contributed by atoms with Crippen molar-refractivity contribution in [3.8, 4) is 0 Å². The van der Waals surface area contributed by atoms with Gasteiger partial charge in [0.15, 0.2) is 0 Å². The fourth-order valence-electron chi connectivity index (χ4n) is 5.91. The second-order valence-electron chi connectivity index (χ2n) is 9.95. The lowest BCUT2D eigenvalue weighted by molar-refractivity contribution is -0.0337. The topological polar surface area (TPSA) is 6.48 Å². The smallest absolute Gasteiger partial charge is 0.0239 e. The Hall–Kier alpha value is -2.42. The van der Waals surface area contributed by atoms with E-state index in [1.807, 2.05) is 0 Å². The highest BCUT2D eigenvalue weighted by Crippen LogP contribution is 2.41. The highest BCUT2D eigenvalue weighted by atomic mass is 15.2. The van der Waals surface area contributed by atoms with Gasteiger partial charge in [0.2, 0.25) is 0 Å². The van der Waals surface area contributed by atoms with Gasteiger partial charge in [-0.05, 0) is 54.7 Å². The highest BCUT2D eigenvalue weighted by Gasteiger charge is 2.43. The third-order valence-electron chi connectivity index (χ3n) is 7.79. The van der Waals surface area contributed by atoms with Crippen LogP contribution >= 0.6 is 0 Å². The van der Waals surface area contributed by atoms with E-state index in [0.29, 0.717) is 5.54 Å². The molecule has 2 aliphatic heterocycles. The summed E-state index contributed by atoms with van der Waals surface area (Å²) in [5.41, 5.74) is 4.76. The largest absolute Gasteiger partial charge is 0.299 e. The van der Waals surface area contributed by atoms with Crippen molar-refractivity contribution in [2.24, 2.45) is 5.92 Å². The van der Waals surface area contributed by atoms with Gasteiger partial charge in [-0.25, -0.2) is 0 Å². The van der Waals surface area contributed by atoms with E-state index in [-0.39, 0.29) is 0 Å². The van der Waals surface area contributed by atoms with Crippen LogP contribution in [-0.4, -0.2) is 35.0 Å². The predicted molar refractivity (Wildman–Crippen MR) is 133 cm³/mol. The molecule has 1 spiro atoms. The maximum absolute atomic E-state index is 2.87. The van der Waals surface area contributed by atoms with Gasteiger partial charge < -0.3 is 0 Å². The first-order valence-corrected chi connectivity index (χ1v) is 12.4. The van der Waals surface area contributed by atoms with Crippen LogP contribution in [-0.2, 0) is 19.5 Å². The Morgan fingerprint density at radius 3 is 1.75 bits per heavy atom. The van der Waals surface area contributed by atoms with E-state index < -0.39 is 0 Å². The molecule has 0 aliphatic carbocycles. The average molecular weight is 425 g/mol. The van der Waals surface area contributed by atoms with E-state index >= 15 is 0 Å². The Morgan fingerprint density at radius 1 is 0.625 bits per heavy atom. The molecule has 0 radical (unpaired) electrons. The molecule has 3 aromatic rings. The van der Waals surface area contributed by atoms with Crippen LogP contribution in [0, 0.1) is 5.92 Å². The molecule has 2 heteroatoms. The summed E-state index contributed by atoms with van der Waals surface area (Å²) < 4.78 is 0. The minimum Gasteiger partial charge on any atom is -0.299 e. The molecule has 0 saturated carbocycles. The molecule has 32 heavy (non-hydrogen) atoms. The monoisotopic (exact) mass is 424 g/mol. The summed E-state index contributed by atoms with van der Waals surface area (Å²) in [4.78, 5) is 5.54. The minimum absolute atomic E-state index is 0.371. The summed E-state index contributed by atoms with van der Waals surface area (Å²) in [5, 5.41) is 0. The number of piperidine rings is 2. The molecular weight excluding hydrogens is 388 g/mol. The summed E-state index contributed by atoms with van der Waals surface area (Å²) in [7, 11) is 0. The number of likely N-dealkylation sites (tertiary alicyclic amines) is 2. The molecule has 0 bridgehead atoms. The van der Waals surface area contributed by atoms with E-state index in [2.05, 4.69) is 101 Å². The van der Waals surface area contributed by atoms with Crippen molar-refractivity contribution < 1.29 is 0 Å². The lowest BCUT2D eigenvalue weighted by Crippen LogP contribution is -2.58. The third-order valence-corrected chi connectivity index (χ3v) is 7.79. The molecular formula is C30H36N2. The summed E-state index contributed by atoms with van der Waals surface area (Å²) in [6, 6.07) is 33.2. The van der Waals surface area contributed by atoms with Crippen molar-refractivity contribution in [3.63, 3.8) is 0 Å². The number of hydrogen-bond acceptors (Lipinski definition) is 2. The van der Waals surface area contributed by atoms with Crippen LogP contribution < -0.4 is 0 Å². The molecule has 2 nitrogen and oxygen atoms in total. The van der Waals surface area contributed by atoms with Gasteiger partial charge in [0.25, 0.3) is 0 Å². The van der Waals surface area contributed by atoms with Gasteiger partial charge in [-0.3, -0.25) is 9.80 Å². The molecule has 2 fully saturated rings. The van der Waals surface area contributed by atoms with Gasteiger partial charge in [-0.2, -0.15) is 0 Å². The van der Waals surface area contributed by atoms with E-state index in [1.54, 1.807) is 0 Å². The van der Waals surface area contributed by atoms with Crippen LogP contribution in [0.3, 0.4) is 0 Å². The van der Waals surface area contributed by atoms with Gasteiger partial charge in [-0.15, -0.1) is 0 Å². The minimum atomic E-state index is 0.371. The Bertz CT molecular complexity index is 938. The predicted octanol–water partition coefficient (Wildman–Crippen LogP) is 6.18. The standard InChI is InChI=1S/C30H36N2/c1-4-10-26(11-5-1)22-29-16-17-30(32(25-29)24-28-14-8-3-9-15-28)18-20-31(21-19-30)23-27-12-6-2-7-13-27/h1-15,29H,16-25H2. The Labute approximate surface area is 193 Å². The Kier molecular flexibility index (Phi) is 6.71. The zero-order valence-corrected chi connectivity index (χ0v) is 19.2. The Morgan fingerprint density at radius 2 is 1.16 bits per heavy atom. The lowest BCUT2D eigenvalue weighted by atomic mass is 9.74. The summed E-state index contributed by atoms with van der Waals surface area (Å²) in [6.45, 7) is 5.83. The zero-order chi connectivity index (χ0) is 21.6. The average Bonchev–Trinajstić information content (AvgIpc) is 2.85. The van der Waals surface area contributed by atoms with Gasteiger partial charge in [0, 0.05) is 38.3 Å². The van der Waals surface area contributed by atoms with Crippen LogP contribution in [0.25, 0.3) is 0 Å². The SMILES string of the molecule is c1ccc(CC2CCC3(CCN(Cc4ccccc4)CC3)N(Cc3ccccc3)C2)cc1. The second-order valence-corrected chi connectivity index (χ2v) is 9.95. The molecule has 1 unspecified atom stereocenters. The van der Waals surface area contributed by atoms with Crippen LogP contribution in [0.2, 0.25) is 0 Å². The van der Waals surface area contributed by atoms with Crippen molar-refractivity contribution in [1.82, 2.24) is 9.80 Å². The van der Waals surface area contributed by atoms with Crippen molar-refractivity contribution >= 4 is 0 Å². The number of rotatable bonds is 6. The first-order chi connectivity index (χ1) is 15.8. The third kappa shape index (κ3) is 5.14. The number of hydrogen-bond donors (Lipinski definition) is 0. The summed E-state index contributed by atoms with van der Waals surface area (Å²) >= 11 is 0. The maximum Gasteiger partial charge on any atom is 0.0239 e. The van der Waals surface area contributed by atoms with Gasteiger partial charge in [-0.1, -0.05) is 91.0 Å². The molecule has 0 N–H and O–H groups in total. The molecule has 2 aliphatic rings. The highest BCUT2D eigenvalue weighted by molar-refractivity contribution is 5.18. The number of benzene rings is 3. The fraction of sp³-hybridized carbons (Fsp3) is 0.400. The molecule has 5 rings (SSSR count). The van der Waals surface area contributed by atoms with Gasteiger partial charge in [0.05, 0.1) is 0 Å². The van der Waals surface area contributed by atoms with E-state index in [1.165, 1.54) is 68.4 Å². The molecule has 3 aromatic carbocycles. The van der Waals surface area contributed by atoms with Crippen molar-refractivity contribution in [1.29, 1.82) is 0 Å². The van der Waals surface area contributed by atoms with Crippen LogP contribution in [0.4, 0.5) is 0 Å². The summed E-state index contributed by atoms with van der Waals surface area (Å²) in [6.07, 6.45) is 6.51. The van der Waals surface area contributed by atoms with E-state index in [0.717, 1.165) is 19.0 Å². The molecule has 0 aromatic heterocycles. The van der Waals surface area contributed by atoms with Gasteiger partial charge >= 0.3 is 0 Å². The molecule has 2 saturated heterocycles. The first kappa shape index (κ1) is 21.4. The molecule has 166 valence electrons. The summed E-state index contributed by atoms with van der Waals surface area (Å²) in [5.74, 6) is 0.758. The van der Waals surface area contributed by atoms with Crippen LogP contribution in [0.5, 0.6) is 0 Å². The lowest BCUT2D eigenvalue weighted by Gasteiger charge is -2.53. The van der Waals surface area contributed by atoms with Gasteiger partial charge in [0.1, 0.15) is 0 Å². The quantitative estimate of drug-likeness (QED) is 0.466. The number of nitrogens with zero attached hydrogens (tertiary/aromatic N) is 2. The Balaban J connectivity index is 1.28. The van der Waals surface area contributed by atoms with E-state index in [4.69, 9.17) is 0 Å². The molecule has 0 amide bonds. The molecule has 1 atom stereocenters. The zero-order valence-electron chi connectivity index (χ0n) is 19.2. The second kappa shape index (κ2) is 10.0. The fourth-order valence-corrected chi connectivity index (χ4v) is 5.91. The van der Waals surface area contributed by atoms with Crippen LogP contribution in [0.1, 0.15) is 42.4 Å². The van der Waals surface area contributed by atoms with Crippen molar-refractivity contribution in [2.75, 3.05) is 19.6 Å². The first-order valence-electron chi connectivity index (χ1n) is 12.4. The van der Waals surface area contributed by atoms with E-state index in [9.17, 15) is 0 Å². The van der Waals surface area contributed by atoms with Crippen molar-refractivity contribution in [2.45, 2.75) is 50.7 Å².